The maximum atomic E-state index is 13.4. The number of amides is 2. The van der Waals surface area contributed by atoms with Gasteiger partial charge in [0.05, 0.1) is 17.1 Å². The minimum absolute atomic E-state index is 0.155. The van der Waals surface area contributed by atoms with E-state index in [4.69, 9.17) is 0 Å². The molecule has 0 saturated carbocycles. The number of nitrogens with zero attached hydrogens (tertiary/aromatic N) is 2. The van der Waals surface area contributed by atoms with E-state index in [9.17, 15) is 22.4 Å². The molecule has 0 radical (unpaired) electrons. The lowest BCUT2D eigenvalue weighted by Crippen LogP contribution is -2.21. The number of rotatable bonds is 3. The molecule has 1 heterocycles. The Morgan fingerprint density at radius 3 is 2.55 bits per heavy atom. The first-order chi connectivity index (χ1) is 10.3. The maximum Gasteiger partial charge on any atom is 0.323 e. The molecule has 1 aromatic heterocycles. The number of anilines is 2. The van der Waals surface area contributed by atoms with E-state index in [1.807, 2.05) is 0 Å². The maximum absolute atomic E-state index is 13.4. The largest absolute Gasteiger partial charge is 0.323 e. The summed E-state index contributed by atoms with van der Waals surface area (Å²) in [5, 5.41) is 8.10. The van der Waals surface area contributed by atoms with E-state index in [1.165, 1.54) is 14.0 Å². The van der Waals surface area contributed by atoms with Crippen LogP contribution >= 0.6 is 0 Å². The molecule has 22 heavy (non-hydrogen) atoms. The predicted molar refractivity (Wildman–Crippen MR) is 71.9 cm³/mol. The van der Waals surface area contributed by atoms with Gasteiger partial charge in [0.1, 0.15) is 17.3 Å². The standard InChI is InChI=1S/C13H12F4N4O/c1-6-10(11(12(16)17)21(2)20-6)19-13(22)18-9-4-3-7(14)5-8(9)15/h3-5,12H,1-2H3,(H2,18,19,22). The third-order valence-electron chi connectivity index (χ3n) is 2.89. The van der Waals surface area contributed by atoms with Crippen LogP contribution in [-0.4, -0.2) is 15.8 Å². The Balaban J connectivity index is 2.19. The predicted octanol–water partition coefficient (Wildman–Crippen LogP) is 3.59. The second-order valence-electron chi connectivity index (χ2n) is 4.47. The molecule has 1 aromatic carbocycles. The molecule has 118 valence electrons. The van der Waals surface area contributed by atoms with E-state index in [-0.39, 0.29) is 17.1 Å². The number of alkyl halides is 2. The van der Waals surface area contributed by atoms with Gasteiger partial charge in [-0.05, 0) is 19.1 Å². The Kier molecular flexibility index (Phi) is 4.34. The van der Waals surface area contributed by atoms with E-state index in [0.29, 0.717) is 6.07 Å². The fraction of sp³-hybridized carbons (Fsp3) is 0.231. The molecule has 2 N–H and O–H groups in total. The van der Waals surface area contributed by atoms with Gasteiger partial charge in [-0.2, -0.15) is 5.10 Å². The molecule has 0 unspecified atom stereocenters. The van der Waals surface area contributed by atoms with E-state index in [1.54, 1.807) is 0 Å². The SMILES string of the molecule is Cc1nn(C)c(C(F)F)c1NC(=O)Nc1ccc(F)cc1F. The van der Waals surface area contributed by atoms with Gasteiger partial charge >= 0.3 is 6.03 Å². The Labute approximate surface area is 122 Å². The van der Waals surface area contributed by atoms with E-state index in [0.717, 1.165) is 16.8 Å². The molecular formula is C13H12F4N4O. The second-order valence-corrected chi connectivity index (χ2v) is 4.47. The monoisotopic (exact) mass is 316 g/mol. The number of aromatic nitrogens is 2. The molecule has 0 aliphatic rings. The number of nitrogens with one attached hydrogen (secondary N) is 2. The third kappa shape index (κ3) is 3.18. The van der Waals surface area contributed by atoms with Crippen molar-refractivity contribution in [2.75, 3.05) is 10.6 Å². The van der Waals surface area contributed by atoms with Crippen LogP contribution < -0.4 is 10.6 Å². The number of carbonyl (C=O) groups excluding carboxylic acids is 1. The van der Waals surface area contributed by atoms with Crippen LogP contribution in [0.2, 0.25) is 0 Å². The fourth-order valence-corrected chi connectivity index (χ4v) is 1.94. The zero-order valence-corrected chi connectivity index (χ0v) is 11.6. The van der Waals surface area contributed by atoms with Crippen LogP contribution in [0.1, 0.15) is 17.8 Å². The van der Waals surface area contributed by atoms with Gasteiger partial charge in [-0.25, -0.2) is 22.4 Å². The molecule has 0 fully saturated rings. The van der Waals surface area contributed by atoms with Gasteiger partial charge in [-0.1, -0.05) is 0 Å². The van der Waals surface area contributed by atoms with Gasteiger partial charge in [0.25, 0.3) is 6.43 Å². The number of urea groups is 1. The van der Waals surface area contributed by atoms with Crippen molar-refractivity contribution in [2.45, 2.75) is 13.3 Å². The highest BCUT2D eigenvalue weighted by molar-refractivity contribution is 6.00. The molecule has 0 aliphatic heterocycles. The minimum atomic E-state index is -2.84. The summed E-state index contributed by atoms with van der Waals surface area (Å²) in [6.45, 7) is 1.44. The number of hydrogen-bond donors (Lipinski definition) is 2. The Bertz CT molecular complexity index is 714. The second kappa shape index (κ2) is 6.04. The Morgan fingerprint density at radius 2 is 1.95 bits per heavy atom. The molecule has 0 bridgehead atoms. The molecule has 5 nitrogen and oxygen atoms in total. The van der Waals surface area contributed by atoms with Crippen LogP contribution in [0.5, 0.6) is 0 Å². The smallest absolute Gasteiger partial charge is 0.305 e. The van der Waals surface area contributed by atoms with Crippen LogP contribution in [0, 0.1) is 18.6 Å². The lowest BCUT2D eigenvalue weighted by Gasteiger charge is -2.10. The normalized spacial score (nSPS) is 10.9. The highest BCUT2D eigenvalue weighted by atomic mass is 19.3. The summed E-state index contributed by atoms with van der Waals surface area (Å²) < 4.78 is 53.0. The zero-order chi connectivity index (χ0) is 16.4. The van der Waals surface area contributed by atoms with Crippen LogP contribution in [0.15, 0.2) is 18.2 Å². The Morgan fingerprint density at radius 1 is 1.27 bits per heavy atom. The average molecular weight is 316 g/mol. The van der Waals surface area contributed by atoms with Gasteiger partial charge in [0, 0.05) is 13.1 Å². The minimum Gasteiger partial charge on any atom is -0.305 e. The number of halogens is 4. The molecule has 0 atom stereocenters. The first-order valence-electron chi connectivity index (χ1n) is 6.14. The molecular weight excluding hydrogens is 304 g/mol. The topological polar surface area (TPSA) is 59.0 Å². The van der Waals surface area contributed by atoms with Gasteiger partial charge in [0.2, 0.25) is 0 Å². The summed E-state index contributed by atoms with van der Waals surface area (Å²) in [6.07, 6.45) is -2.84. The zero-order valence-electron chi connectivity index (χ0n) is 11.6. The first kappa shape index (κ1) is 15.8. The molecule has 9 heteroatoms. The number of aryl methyl sites for hydroxylation is 2. The summed E-state index contributed by atoms with van der Waals surface area (Å²) in [4.78, 5) is 11.8. The lowest BCUT2D eigenvalue weighted by atomic mass is 10.3. The molecule has 2 aromatic rings. The van der Waals surface area contributed by atoms with Crippen LogP contribution in [0.3, 0.4) is 0 Å². The number of benzene rings is 1. The number of carbonyl (C=O) groups is 1. The molecule has 0 spiro atoms. The van der Waals surface area contributed by atoms with E-state index in [2.05, 4.69) is 15.7 Å². The molecule has 2 amide bonds. The third-order valence-corrected chi connectivity index (χ3v) is 2.89. The van der Waals surface area contributed by atoms with Gasteiger partial charge in [-0.15, -0.1) is 0 Å². The van der Waals surface area contributed by atoms with Crippen molar-refractivity contribution in [1.29, 1.82) is 0 Å². The molecule has 0 saturated heterocycles. The highest BCUT2D eigenvalue weighted by Crippen LogP contribution is 2.29. The molecule has 2 rings (SSSR count). The molecule has 0 aliphatic carbocycles. The lowest BCUT2D eigenvalue weighted by molar-refractivity contribution is 0.141. The van der Waals surface area contributed by atoms with Crippen LogP contribution in [0.4, 0.5) is 33.7 Å². The number of hydrogen-bond acceptors (Lipinski definition) is 2. The highest BCUT2D eigenvalue weighted by Gasteiger charge is 2.23. The van der Waals surface area contributed by atoms with Crippen LogP contribution in [0.25, 0.3) is 0 Å². The first-order valence-corrected chi connectivity index (χ1v) is 6.14. The van der Waals surface area contributed by atoms with Gasteiger partial charge in [-0.3, -0.25) is 4.68 Å². The van der Waals surface area contributed by atoms with Crippen molar-refractivity contribution >= 4 is 17.4 Å². The summed E-state index contributed by atoms with van der Waals surface area (Å²) in [6, 6.07) is 1.63. The van der Waals surface area contributed by atoms with Gasteiger partial charge < -0.3 is 10.6 Å². The van der Waals surface area contributed by atoms with E-state index < -0.39 is 29.8 Å². The van der Waals surface area contributed by atoms with Crippen molar-refractivity contribution in [3.63, 3.8) is 0 Å². The summed E-state index contributed by atoms with van der Waals surface area (Å²) in [5.74, 6) is -1.78. The van der Waals surface area contributed by atoms with Crippen LogP contribution in [-0.2, 0) is 7.05 Å². The average Bonchev–Trinajstić information content (AvgIpc) is 2.67. The van der Waals surface area contributed by atoms with Crippen molar-refractivity contribution in [3.05, 3.63) is 41.2 Å². The summed E-state index contributed by atoms with van der Waals surface area (Å²) in [7, 11) is 1.32. The van der Waals surface area contributed by atoms with Crippen molar-refractivity contribution < 1.29 is 22.4 Å². The Hall–Kier alpha value is -2.58. The summed E-state index contributed by atoms with van der Waals surface area (Å²) >= 11 is 0. The fourth-order valence-electron chi connectivity index (χ4n) is 1.94. The quantitative estimate of drug-likeness (QED) is 0.850. The summed E-state index contributed by atoms with van der Waals surface area (Å²) in [5.41, 5.74) is -0.712. The van der Waals surface area contributed by atoms with Crippen molar-refractivity contribution in [2.24, 2.45) is 7.05 Å². The van der Waals surface area contributed by atoms with Crippen molar-refractivity contribution in [3.8, 4) is 0 Å². The van der Waals surface area contributed by atoms with Crippen molar-refractivity contribution in [1.82, 2.24) is 9.78 Å². The van der Waals surface area contributed by atoms with E-state index >= 15 is 0 Å². The van der Waals surface area contributed by atoms with Gasteiger partial charge in [0.15, 0.2) is 0 Å².